The first kappa shape index (κ1) is 16.3. The summed E-state index contributed by atoms with van der Waals surface area (Å²) in [4.78, 5) is 6.51. The Hall–Kier alpha value is -1.71. The van der Waals surface area contributed by atoms with Crippen molar-refractivity contribution in [3.05, 3.63) is 30.3 Å². The number of hydrogen-bond acceptors (Lipinski definition) is 2. The summed E-state index contributed by atoms with van der Waals surface area (Å²) in [5, 5.41) is 6.73. The summed E-state index contributed by atoms with van der Waals surface area (Å²) in [6, 6.07) is 10.8. The highest BCUT2D eigenvalue weighted by Crippen LogP contribution is 2.13. The lowest BCUT2D eigenvalue weighted by molar-refractivity contribution is 0.498. The standard InChI is InChI=1S/C16H28N4/c1-13(20(6)14-10-8-7-9-11-14)12-18-15(17-5)19-16(2,3)4/h7-11,13H,12H2,1-6H3,(H2,17,18,19). The molecule has 1 aromatic rings. The van der Waals surface area contributed by atoms with E-state index >= 15 is 0 Å². The molecule has 4 heteroatoms. The molecule has 0 amide bonds. The van der Waals surface area contributed by atoms with E-state index in [-0.39, 0.29) is 5.54 Å². The fourth-order valence-corrected chi connectivity index (χ4v) is 1.83. The molecular formula is C16H28N4. The molecule has 2 N–H and O–H groups in total. The van der Waals surface area contributed by atoms with Crippen molar-refractivity contribution in [3.63, 3.8) is 0 Å². The van der Waals surface area contributed by atoms with Gasteiger partial charge in [-0.2, -0.15) is 0 Å². The van der Waals surface area contributed by atoms with E-state index in [0.29, 0.717) is 6.04 Å². The van der Waals surface area contributed by atoms with Crippen LogP contribution in [0, 0.1) is 0 Å². The number of aliphatic imine (C=N–C) groups is 1. The first-order valence-electron chi connectivity index (χ1n) is 7.10. The zero-order valence-electron chi connectivity index (χ0n) is 13.6. The van der Waals surface area contributed by atoms with Crippen molar-refractivity contribution < 1.29 is 0 Å². The Morgan fingerprint density at radius 2 is 1.85 bits per heavy atom. The third-order valence-corrected chi connectivity index (χ3v) is 3.11. The van der Waals surface area contributed by atoms with Gasteiger partial charge in [-0.25, -0.2) is 0 Å². The van der Waals surface area contributed by atoms with Gasteiger partial charge in [0.1, 0.15) is 0 Å². The number of guanidine groups is 1. The summed E-state index contributed by atoms with van der Waals surface area (Å²) in [7, 11) is 3.91. The normalized spacial score (nSPS) is 13.8. The van der Waals surface area contributed by atoms with Gasteiger partial charge >= 0.3 is 0 Å². The lowest BCUT2D eigenvalue weighted by Crippen LogP contribution is -2.50. The van der Waals surface area contributed by atoms with Gasteiger partial charge < -0.3 is 15.5 Å². The van der Waals surface area contributed by atoms with Crippen molar-refractivity contribution in [2.45, 2.75) is 39.3 Å². The van der Waals surface area contributed by atoms with Gasteiger partial charge in [0, 0.05) is 37.9 Å². The first-order valence-corrected chi connectivity index (χ1v) is 7.10. The number of hydrogen-bond donors (Lipinski definition) is 2. The lowest BCUT2D eigenvalue weighted by Gasteiger charge is -2.29. The summed E-state index contributed by atoms with van der Waals surface area (Å²) in [6.45, 7) is 9.41. The molecule has 0 saturated carbocycles. The molecule has 0 aromatic heterocycles. The van der Waals surface area contributed by atoms with E-state index in [4.69, 9.17) is 0 Å². The van der Waals surface area contributed by atoms with Crippen molar-refractivity contribution in [1.82, 2.24) is 10.6 Å². The van der Waals surface area contributed by atoms with Gasteiger partial charge in [-0.1, -0.05) is 18.2 Å². The molecule has 0 spiro atoms. The molecule has 0 heterocycles. The van der Waals surface area contributed by atoms with Crippen molar-refractivity contribution >= 4 is 11.6 Å². The highest BCUT2D eigenvalue weighted by Gasteiger charge is 2.14. The molecule has 4 nitrogen and oxygen atoms in total. The minimum atomic E-state index is 0.0103. The van der Waals surface area contributed by atoms with Crippen LogP contribution < -0.4 is 15.5 Å². The van der Waals surface area contributed by atoms with Crippen LogP contribution in [0.2, 0.25) is 0 Å². The van der Waals surface area contributed by atoms with E-state index in [9.17, 15) is 0 Å². The van der Waals surface area contributed by atoms with Gasteiger partial charge in [0.2, 0.25) is 0 Å². The van der Waals surface area contributed by atoms with Crippen LogP contribution in [0.4, 0.5) is 5.69 Å². The maximum atomic E-state index is 4.25. The SMILES string of the molecule is CN=C(NCC(C)N(C)c1ccccc1)NC(C)(C)C. The summed E-state index contributed by atoms with van der Waals surface area (Å²) in [5.74, 6) is 0.839. The Balaban J connectivity index is 2.52. The Morgan fingerprint density at radius 1 is 1.25 bits per heavy atom. The van der Waals surface area contributed by atoms with Gasteiger partial charge in [-0.15, -0.1) is 0 Å². The van der Waals surface area contributed by atoms with Crippen molar-refractivity contribution in [3.8, 4) is 0 Å². The molecule has 112 valence electrons. The van der Waals surface area contributed by atoms with Gasteiger partial charge in [0.15, 0.2) is 5.96 Å². The molecule has 0 fully saturated rings. The lowest BCUT2D eigenvalue weighted by atomic mass is 10.1. The average Bonchev–Trinajstić information content (AvgIpc) is 2.42. The quantitative estimate of drug-likeness (QED) is 0.655. The molecule has 0 saturated heterocycles. The number of likely N-dealkylation sites (N-methyl/N-ethyl adjacent to an activating group) is 1. The van der Waals surface area contributed by atoms with Crippen LogP contribution >= 0.6 is 0 Å². The van der Waals surface area contributed by atoms with E-state index in [0.717, 1.165) is 12.5 Å². The van der Waals surface area contributed by atoms with Gasteiger partial charge in [-0.05, 0) is 39.8 Å². The predicted octanol–water partition coefficient (Wildman–Crippen LogP) is 2.47. The fraction of sp³-hybridized carbons (Fsp3) is 0.562. The van der Waals surface area contributed by atoms with Crippen LogP contribution in [0.25, 0.3) is 0 Å². The van der Waals surface area contributed by atoms with Crippen LogP contribution in [0.15, 0.2) is 35.3 Å². The molecular weight excluding hydrogens is 248 g/mol. The smallest absolute Gasteiger partial charge is 0.191 e. The third-order valence-electron chi connectivity index (χ3n) is 3.11. The summed E-state index contributed by atoms with van der Waals surface area (Å²) >= 11 is 0. The largest absolute Gasteiger partial charge is 0.370 e. The second-order valence-electron chi connectivity index (χ2n) is 6.12. The van der Waals surface area contributed by atoms with Crippen molar-refractivity contribution in [2.75, 3.05) is 25.5 Å². The minimum absolute atomic E-state index is 0.0103. The topological polar surface area (TPSA) is 39.7 Å². The van der Waals surface area contributed by atoms with Gasteiger partial charge in [-0.3, -0.25) is 4.99 Å². The van der Waals surface area contributed by atoms with Gasteiger partial charge in [0.05, 0.1) is 0 Å². The Bertz CT molecular complexity index is 420. The maximum Gasteiger partial charge on any atom is 0.191 e. The maximum absolute atomic E-state index is 4.25. The van der Waals surface area contributed by atoms with E-state index in [1.165, 1.54) is 5.69 Å². The van der Waals surface area contributed by atoms with E-state index in [1.807, 2.05) is 6.07 Å². The highest BCUT2D eigenvalue weighted by atomic mass is 15.2. The number of para-hydroxylation sites is 1. The Labute approximate surface area is 123 Å². The summed E-state index contributed by atoms with van der Waals surface area (Å²) < 4.78 is 0. The molecule has 20 heavy (non-hydrogen) atoms. The second kappa shape index (κ2) is 7.17. The number of benzene rings is 1. The molecule has 0 radical (unpaired) electrons. The fourth-order valence-electron chi connectivity index (χ4n) is 1.83. The predicted molar refractivity (Wildman–Crippen MR) is 88.6 cm³/mol. The van der Waals surface area contributed by atoms with E-state index < -0.39 is 0 Å². The molecule has 0 aliphatic rings. The summed E-state index contributed by atoms with van der Waals surface area (Å²) in [6.07, 6.45) is 0. The van der Waals surface area contributed by atoms with Crippen LogP contribution in [0.1, 0.15) is 27.7 Å². The first-order chi connectivity index (χ1) is 9.33. The van der Waals surface area contributed by atoms with Crippen LogP contribution in [-0.4, -0.2) is 38.2 Å². The zero-order chi connectivity index (χ0) is 15.2. The van der Waals surface area contributed by atoms with Crippen LogP contribution in [0.5, 0.6) is 0 Å². The monoisotopic (exact) mass is 276 g/mol. The Kier molecular flexibility index (Phi) is 5.86. The minimum Gasteiger partial charge on any atom is -0.370 e. The number of rotatable bonds is 4. The van der Waals surface area contributed by atoms with Crippen molar-refractivity contribution in [2.24, 2.45) is 4.99 Å². The number of anilines is 1. The molecule has 1 aromatic carbocycles. The van der Waals surface area contributed by atoms with E-state index in [1.54, 1.807) is 7.05 Å². The van der Waals surface area contributed by atoms with Gasteiger partial charge in [0.25, 0.3) is 0 Å². The molecule has 0 aliphatic carbocycles. The average molecular weight is 276 g/mol. The highest BCUT2D eigenvalue weighted by molar-refractivity contribution is 5.80. The van der Waals surface area contributed by atoms with Crippen LogP contribution in [0.3, 0.4) is 0 Å². The second-order valence-corrected chi connectivity index (χ2v) is 6.12. The van der Waals surface area contributed by atoms with Crippen LogP contribution in [-0.2, 0) is 0 Å². The molecule has 1 atom stereocenters. The third kappa shape index (κ3) is 5.51. The molecule has 1 unspecified atom stereocenters. The van der Waals surface area contributed by atoms with Crippen molar-refractivity contribution in [1.29, 1.82) is 0 Å². The molecule has 1 rings (SSSR count). The molecule has 0 bridgehead atoms. The number of nitrogens with zero attached hydrogens (tertiary/aromatic N) is 2. The number of nitrogens with one attached hydrogen (secondary N) is 2. The summed E-state index contributed by atoms with van der Waals surface area (Å²) in [5.41, 5.74) is 1.23. The molecule has 0 aliphatic heterocycles. The van der Waals surface area contributed by atoms with E-state index in [2.05, 4.69) is 79.5 Å². The zero-order valence-corrected chi connectivity index (χ0v) is 13.6. The Morgan fingerprint density at radius 3 is 2.35 bits per heavy atom.